The monoisotopic (exact) mass is 246 g/mol. The SMILES string of the molecule is CCOC(=O)c1c(NS(C)(=O)=O)c[nH]c1C. The molecular formula is C9H14N2O4S. The summed E-state index contributed by atoms with van der Waals surface area (Å²) in [5, 5.41) is 0. The molecule has 0 amide bonds. The number of esters is 1. The summed E-state index contributed by atoms with van der Waals surface area (Å²) in [6.45, 7) is 3.59. The molecule has 0 aromatic carbocycles. The van der Waals surface area contributed by atoms with Gasteiger partial charge in [-0.15, -0.1) is 0 Å². The van der Waals surface area contributed by atoms with Crippen LogP contribution in [0.4, 0.5) is 5.69 Å². The van der Waals surface area contributed by atoms with Crippen LogP contribution in [0.25, 0.3) is 0 Å². The first kappa shape index (κ1) is 12.6. The van der Waals surface area contributed by atoms with Gasteiger partial charge in [-0.25, -0.2) is 13.2 Å². The van der Waals surface area contributed by atoms with Crippen LogP contribution in [0.5, 0.6) is 0 Å². The van der Waals surface area contributed by atoms with Crippen molar-refractivity contribution in [3.63, 3.8) is 0 Å². The normalized spacial score (nSPS) is 11.2. The van der Waals surface area contributed by atoms with Gasteiger partial charge in [0.05, 0.1) is 18.6 Å². The minimum absolute atomic E-state index is 0.207. The van der Waals surface area contributed by atoms with Gasteiger partial charge in [0.1, 0.15) is 5.56 Å². The fourth-order valence-electron chi connectivity index (χ4n) is 1.27. The number of rotatable bonds is 4. The second-order valence-electron chi connectivity index (χ2n) is 3.30. The van der Waals surface area contributed by atoms with E-state index in [1.54, 1.807) is 13.8 Å². The van der Waals surface area contributed by atoms with Crippen molar-refractivity contribution in [3.05, 3.63) is 17.5 Å². The molecule has 1 rings (SSSR count). The zero-order chi connectivity index (χ0) is 12.3. The van der Waals surface area contributed by atoms with E-state index in [-0.39, 0.29) is 17.9 Å². The van der Waals surface area contributed by atoms with Crippen molar-refractivity contribution in [1.29, 1.82) is 0 Å². The van der Waals surface area contributed by atoms with Crippen LogP contribution in [-0.2, 0) is 14.8 Å². The Labute approximate surface area is 94.1 Å². The maximum Gasteiger partial charge on any atom is 0.342 e. The molecule has 1 heterocycles. The number of nitrogens with one attached hydrogen (secondary N) is 2. The largest absolute Gasteiger partial charge is 0.462 e. The van der Waals surface area contributed by atoms with E-state index in [1.807, 2.05) is 0 Å². The average molecular weight is 246 g/mol. The molecule has 1 aromatic heterocycles. The first-order valence-electron chi connectivity index (χ1n) is 4.68. The third kappa shape index (κ3) is 2.99. The number of hydrogen-bond donors (Lipinski definition) is 2. The summed E-state index contributed by atoms with van der Waals surface area (Å²) < 4.78 is 29.2. The van der Waals surface area contributed by atoms with Crippen molar-refractivity contribution >= 4 is 21.7 Å². The predicted molar refractivity (Wildman–Crippen MR) is 60.0 cm³/mol. The number of aryl methyl sites for hydroxylation is 1. The molecule has 6 nitrogen and oxygen atoms in total. The molecule has 0 saturated heterocycles. The molecule has 0 fully saturated rings. The minimum Gasteiger partial charge on any atom is -0.462 e. The number of hydrogen-bond acceptors (Lipinski definition) is 4. The lowest BCUT2D eigenvalue weighted by atomic mass is 10.2. The Morgan fingerprint density at radius 1 is 1.56 bits per heavy atom. The Morgan fingerprint density at radius 3 is 2.69 bits per heavy atom. The lowest BCUT2D eigenvalue weighted by Gasteiger charge is -2.05. The maximum atomic E-state index is 11.6. The standard InChI is InChI=1S/C9H14N2O4S/c1-4-15-9(12)8-6(2)10-5-7(8)11-16(3,13)14/h5,10-11H,4H2,1-3H3. The second kappa shape index (κ2) is 4.56. The van der Waals surface area contributed by atoms with E-state index in [9.17, 15) is 13.2 Å². The molecule has 0 bridgehead atoms. The number of aromatic amines is 1. The highest BCUT2D eigenvalue weighted by molar-refractivity contribution is 7.92. The van der Waals surface area contributed by atoms with Crippen LogP contribution in [0.15, 0.2) is 6.20 Å². The number of anilines is 1. The van der Waals surface area contributed by atoms with Crippen LogP contribution >= 0.6 is 0 Å². The van der Waals surface area contributed by atoms with Gasteiger partial charge in [0.25, 0.3) is 0 Å². The molecule has 0 aliphatic heterocycles. The molecule has 90 valence electrons. The molecule has 0 saturated carbocycles. The summed E-state index contributed by atoms with van der Waals surface area (Å²) in [5.41, 5.74) is 0.982. The lowest BCUT2D eigenvalue weighted by Crippen LogP contribution is -2.13. The van der Waals surface area contributed by atoms with Crippen LogP contribution in [0.1, 0.15) is 23.0 Å². The molecule has 16 heavy (non-hydrogen) atoms. The summed E-state index contributed by atoms with van der Waals surface area (Å²) in [5.74, 6) is -0.549. The average Bonchev–Trinajstić information content (AvgIpc) is 2.44. The Balaban J connectivity index is 3.08. The van der Waals surface area contributed by atoms with Crippen LogP contribution in [0.2, 0.25) is 0 Å². The Hall–Kier alpha value is -1.50. The quantitative estimate of drug-likeness (QED) is 0.771. The number of ether oxygens (including phenoxy) is 1. The van der Waals surface area contributed by atoms with E-state index in [0.29, 0.717) is 5.69 Å². The zero-order valence-electron chi connectivity index (χ0n) is 9.33. The van der Waals surface area contributed by atoms with Gasteiger partial charge < -0.3 is 9.72 Å². The summed E-state index contributed by atoms with van der Waals surface area (Å²) in [6, 6.07) is 0. The molecule has 0 aliphatic carbocycles. The van der Waals surface area contributed by atoms with E-state index in [0.717, 1.165) is 6.26 Å². The van der Waals surface area contributed by atoms with E-state index < -0.39 is 16.0 Å². The van der Waals surface area contributed by atoms with Crippen molar-refractivity contribution in [2.24, 2.45) is 0 Å². The third-order valence-corrected chi connectivity index (χ3v) is 2.44. The number of carbonyl (C=O) groups excluding carboxylic acids is 1. The topological polar surface area (TPSA) is 88.3 Å². The first-order valence-corrected chi connectivity index (χ1v) is 6.57. The van der Waals surface area contributed by atoms with E-state index in [2.05, 4.69) is 9.71 Å². The van der Waals surface area contributed by atoms with Gasteiger partial charge in [-0.2, -0.15) is 0 Å². The van der Waals surface area contributed by atoms with Gasteiger partial charge in [-0.3, -0.25) is 4.72 Å². The molecule has 0 atom stereocenters. The molecule has 1 aromatic rings. The van der Waals surface area contributed by atoms with Crippen molar-refractivity contribution in [3.8, 4) is 0 Å². The Morgan fingerprint density at radius 2 is 2.19 bits per heavy atom. The van der Waals surface area contributed by atoms with Gasteiger partial charge >= 0.3 is 5.97 Å². The molecule has 0 spiro atoms. The van der Waals surface area contributed by atoms with E-state index in [4.69, 9.17) is 4.74 Å². The number of H-pyrrole nitrogens is 1. The molecular weight excluding hydrogens is 232 g/mol. The van der Waals surface area contributed by atoms with Crippen molar-refractivity contribution in [2.45, 2.75) is 13.8 Å². The highest BCUT2D eigenvalue weighted by Gasteiger charge is 2.19. The highest BCUT2D eigenvalue weighted by atomic mass is 32.2. The summed E-state index contributed by atoms with van der Waals surface area (Å²) in [4.78, 5) is 14.3. The molecule has 2 N–H and O–H groups in total. The van der Waals surface area contributed by atoms with Crippen LogP contribution in [0, 0.1) is 6.92 Å². The maximum absolute atomic E-state index is 11.6. The Kier molecular flexibility index (Phi) is 3.58. The predicted octanol–water partition coefficient (Wildman–Crippen LogP) is 0.871. The minimum atomic E-state index is -3.41. The smallest absolute Gasteiger partial charge is 0.342 e. The van der Waals surface area contributed by atoms with Gasteiger partial charge in [0.15, 0.2) is 0 Å². The van der Waals surface area contributed by atoms with E-state index in [1.165, 1.54) is 6.20 Å². The number of sulfonamides is 1. The van der Waals surface area contributed by atoms with E-state index >= 15 is 0 Å². The first-order chi connectivity index (χ1) is 7.35. The number of carbonyl (C=O) groups is 1. The van der Waals surface area contributed by atoms with Crippen LogP contribution in [0.3, 0.4) is 0 Å². The summed E-state index contributed by atoms with van der Waals surface area (Å²) >= 11 is 0. The van der Waals surface area contributed by atoms with Crippen molar-refractivity contribution < 1.29 is 17.9 Å². The van der Waals surface area contributed by atoms with Crippen molar-refractivity contribution in [2.75, 3.05) is 17.6 Å². The molecule has 0 unspecified atom stereocenters. The zero-order valence-corrected chi connectivity index (χ0v) is 10.1. The van der Waals surface area contributed by atoms with Gasteiger partial charge in [-0.05, 0) is 13.8 Å². The second-order valence-corrected chi connectivity index (χ2v) is 5.05. The summed E-state index contributed by atoms with van der Waals surface area (Å²) in [7, 11) is -3.41. The summed E-state index contributed by atoms with van der Waals surface area (Å²) in [6.07, 6.45) is 2.44. The lowest BCUT2D eigenvalue weighted by molar-refractivity contribution is 0.0527. The Bertz CT molecular complexity index is 490. The fraction of sp³-hybridized carbons (Fsp3) is 0.444. The van der Waals surface area contributed by atoms with Gasteiger partial charge in [0, 0.05) is 11.9 Å². The van der Waals surface area contributed by atoms with Crippen molar-refractivity contribution in [1.82, 2.24) is 4.98 Å². The fourth-order valence-corrected chi connectivity index (χ4v) is 1.83. The third-order valence-electron chi connectivity index (χ3n) is 1.85. The number of aromatic nitrogens is 1. The van der Waals surface area contributed by atoms with Crippen LogP contribution in [-0.4, -0.2) is 32.2 Å². The van der Waals surface area contributed by atoms with Gasteiger partial charge in [0.2, 0.25) is 10.0 Å². The molecule has 0 radical (unpaired) electrons. The molecule has 7 heteroatoms. The highest BCUT2D eigenvalue weighted by Crippen LogP contribution is 2.21. The van der Waals surface area contributed by atoms with Gasteiger partial charge in [-0.1, -0.05) is 0 Å². The van der Waals surface area contributed by atoms with Crippen LogP contribution < -0.4 is 4.72 Å². The molecule has 0 aliphatic rings.